The van der Waals surface area contributed by atoms with Crippen LogP contribution in [-0.4, -0.2) is 33.7 Å². The molecule has 1 aliphatic heterocycles. The van der Waals surface area contributed by atoms with Crippen LogP contribution in [0.3, 0.4) is 0 Å². The third kappa shape index (κ3) is 2.31. The highest BCUT2D eigenvalue weighted by Crippen LogP contribution is 2.40. The van der Waals surface area contributed by atoms with E-state index < -0.39 is 10.5 Å². The van der Waals surface area contributed by atoms with Crippen molar-refractivity contribution in [2.45, 2.75) is 25.4 Å². The predicted molar refractivity (Wildman–Crippen MR) is 80.5 cm³/mol. The number of pyridine rings is 1. The van der Waals surface area contributed by atoms with Gasteiger partial charge in [0.1, 0.15) is 11.9 Å². The molecule has 1 fully saturated rings. The Bertz CT molecular complexity index is 696. The van der Waals surface area contributed by atoms with Crippen LogP contribution < -0.4 is 4.90 Å². The molecule has 0 bridgehead atoms. The van der Waals surface area contributed by atoms with Gasteiger partial charge in [0.05, 0.1) is 16.0 Å². The molecule has 0 aliphatic carbocycles. The number of β-amino-alcohol motifs (C(OH)–C–C–N with tert-alkyl or cyclic N) is 1. The quantitative estimate of drug-likeness (QED) is 0.690. The van der Waals surface area contributed by atoms with Crippen molar-refractivity contribution in [2.75, 3.05) is 18.0 Å². The highest BCUT2D eigenvalue weighted by Gasteiger charge is 2.43. The molecule has 1 saturated heterocycles. The number of rotatable bonds is 4. The Kier molecular flexibility index (Phi) is 3.25. The first-order valence-electron chi connectivity index (χ1n) is 7.03. The fraction of sp³-hybridized carbons (Fsp3) is 0.400. The van der Waals surface area contributed by atoms with Gasteiger partial charge in [-0.1, -0.05) is 31.5 Å². The zero-order valence-corrected chi connectivity index (χ0v) is 11.8. The molecular weight excluding hydrogens is 270 g/mol. The van der Waals surface area contributed by atoms with E-state index in [4.69, 9.17) is 0 Å². The van der Waals surface area contributed by atoms with Crippen molar-refractivity contribution >= 4 is 22.3 Å². The van der Waals surface area contributed by atoms with E-state index in [1.165, 1.54) is 6.20 Å². The second kappa shape index (κ2) is 4.96. The number of anilines is 1. The van der Waals surface area contributed by atoms with Gasteiger partial charge >= 0.3 is 5.69 Å². The predicted octanol–water partition coefficient (Wildman–Crippen LogP) is 2.49. The van der Waals surface area contributed by atoms with Crippen molar-refractivity contribution in [3.8, 4) is 0 Å². The molecule has 2 aromatic rings. The second-order valence-electron chi connectivity index (χ2n) is 5.60. The van der Waals surface area contributed by atoms with Gasteiger partial charge in [-0.15, -0.1) is 0 Å². The Morgan fingerprint density at radius 1 is 1.43 bits per heavy atom. The number of hydrogen-bond donors (Lipinski definition) is 1. The van der Waals surface area contributed by atoms with E-state index in [-0.39, 0.29) is 5.69 Å². The van der Waals surface area contributed by atoms with Gasteiger partial charge in [-0.05, 0) is 12.5 Å². The summed E-state index contributed by atoms with van der Waals surface area (Å²) >= 11 is 0. The van der Waals surface area contributed by atoms with Crippen molar-refractivity contribution in [1.29, 1.82) is 0 Å². The maximum atomic E-state index is 11.3. The number of aliphatic hydroxyl groups is 1. The van der Waals surface area contributed by atoms with Crippen molar-refractivity contribution in [3.05, 3.63) is 40.6 Å². The SMILES string of the molecule is CCCC1(O)CN(c2c([N+](=O)[O-])cnc3ccccc23)C1. The summed E-state index contributed by atoms with van der Waals surface area (Å²) in [7, 11) is 0. The maximum Gasteiger partial charge on any atom is 0.311 e. The Morgan fingerprint density at radius 2 is 2.14 bits per heavy atom. The number of para-hydroxylation sites is 1. The number of aromatic nitrogens is 1. The van der Waals surface area contributed by atoms with Crippen LogP contribution in [-0.2, 0) is 0 Å². The summed E-state index contributed by atoms with van der Waals surface area (Å²) in [6.07, 6.45) is 2.90. The maximum absolute atomic E-state index is 11.3. The van der Waals surface area contributed by atoms with Gasteiger partial charge in [-0.3, -0.25) is 10.1 Å². The molecule has 0 atom stereocenters. The third-order valence-corrected chi connectivity index (χ3v) is 3.93. The van der Waals surface area contributed by atoms with Crippen LogP contribution in [0, 0.1) is 10.1 Å². The fourth-order valence-corrected chi connectivity index (χ4v) is 3.03. The topological polar surface area (TPSA) is 79.5 Å². The molecule has 0 spiro atoms. The summed E-state index contributed by atoms with van der Waals surface area (Å²) in [6.45, 7) is 2.87. The lowest BCUT2D eigenvalue weighted by Crippen LogP contribution is -2.62. The van der Waals surface area contributed by atoms with E-state index in [1.807, 2.05) is 36.1 Å². The largest absolute Gasteiger partial charge is 0.386 e. The van der Waals surface area contributed by atoms with Crippen LogP contribution in [0.4, 0.5) is 11.4 Å². The lowest BCUT2D eigenvalue weighted by Gasteiger charge is -2.47. The van der Waals surface area contributed by atoms with Gasteiger partial charge in [0.2, 0.25) is 0 Å². The molecule has 0 radical (unpaired) electrons. The molecular formula is C15H17N3O3. The van der Waals surface area contributed by atoms with E-state index in [9.17, 15) is 15.2 Å². The second-order valence-corrected chi connectivity index (χ2v) is 5.60. The molecule has 1 N–H and O–H groups in total. The summed E-state index contributed by atoms with van der Waals surface area (Å²) in [6, 6.07) is 7.37. The number of benzene rings is 1. The molecule has 1 aliphatic rings. The Balaban J connectivity index is 2.05. The molecule has 1 aromatic carbocycles. The first kappa shape index (κ1) is 13.8. The average molecular weight is 287 g/mol. The summed E-state index contributed by atoms with van der Waals surface area (Å²) in [4.78, 5) is 16.9. The minimum atomic E-state index is -0.729. The van der Waals surface area contributed by atoms with E-state index in [2.05, 4.69) is 4.98 Å². The summed E-state index contributed by atoms with van der Waals surface area (Å²) in [5.74, 6) is 0. The average Bonchev–Trinajstić information content (AvgIpc) is 2.43. The van der Waals surface area contributed by atoms with Crippen LogP contribution in [0.25, 0.3) is 10.9 Å². The number of fused-ring (bicyclic) bond motifs is 1. The van der Waals surface area contributed by atoms with Gasteiger partial charge in [0.15, 0.2) is 0 Å². The zero-order valence-electron chi connectivity index (χ0n) is 11.8. The summed E-state index contributed by atoms with van der Waals surface area (Å²) in [5, 5.41) is 22.3. The van der Waals surface area contributed by atoms with Crippen molar-refractivity contribution < 1.29 is 10.0 Å². The minimum absolute atomic E-state index is 0.00718. The number of hydrogen-bond acceptors (Lipinski definition) is 5. The van der Waals surface area contributed by atoms with Crippen LogP contribution in [0.15, 0.2) is 30.5 Å². The highest BCUT2D eigenvalue weighted by molar-refractivity contribution is 5.96. The Morgan fingerprint density at radius 3 is 2.81 bits per heavy atom. The summed E-state index contributed by atoms with van der Waals surface area (Å²) in [5.41, 5.74) is 0.551. The minimum Gasteiger partial charge on any atom is -0.386 e. The van der Waals surface area contributed by atoms with Crippen molar-refractivity contribution in [1.82, 2.24) is 4.98 Å². The number of nitrogens with zero attached hydrogens (tertiary/aromatic N) is 3. The van der Waals surface area contributed by atoms with Crippen molar-refractivity contribution in [2.24, 2.45) is 0 Å². The van der Waals surface area contributed by atoms with E-state index in [1.54, 1.807) is 0 Å². The van der Waals surface area contributed by atoms with E-state index in [0.29, 0.717) is 25.2 Å². The third-order valence-electron chi connectivity index (χ3n) is 3.93. The lowest BCUT2D eigenvalue weighted by molar-refractivity contribution is -0.384. The fourth-order valence-electron chi connectivity index (χ4n) is 3.03. The lowest BCUT2D eigenvalue weighted by atomic mass is 9.88. The van der Waals surface area contributed by atoms with Gasteiger partial charge in [0, 0.05) is 18.5 Å². The van der Waals surface area contributed by atoms with Gasteiger partial charge in [-0.25, -0.2) is 4.98 Å². The zero-order chi connectivity index (χ0) is 15.0. The monoisotopic (exact) mass is 287 g/mol. The van der Waals surface area contributed by atoms with E-state index in [0.717, 1.165) is 17.3 Å². The molecule has 0 amide bonds. The molecule has 6 nitrogen and oxygen atoms in total. The molecule has 1 aromatic heterocycles. The van der Waals surface area contributed by atoms with Crippen LogP contribution >= 0.6 is 0 Å². The van der Waals surface area contributed by atoms with Crippen LogP contribution in [0.2, 0.25) is 0 Å². The molecule has 6 heteroatoms. The molecule has 21 heavy (non-hydrogen) atoms. The van der Waals surface area contributed by atoms with Gasteiger partial charge < -0.3 is 10.0 Å². The Hall–Kier alpha value is -2.21. The highest BCUT2D eigenvalue weighted by atomic mass is 16.6. The van der Waals surface area contributed by atoms with Gasteiger partial charge in [0.25, 0.3) is 0 Å². The van der Waals surface area contributed by atoms with Gasteiger partial charge in [-0.2, -0.15) is 0 Å². The molecule has 3 rings (SSSR count). The smallest absolute Gasteiger partial charge is 0.311 e. The normalized spacial score (nSPS) is 16.8. The van der Waals surface area contributed by atoms with Crippen molar-refractivity contribution in [3.63, 3.8) is 0 Å². The Labute approximate surface area is 122 Å². The molecule has 2 heterocycles. The molecule has 110 valence electrons. The first-order chi connectivity index (χ1) is 10.0. The standard InChI is InChI=1S/C15H17N3O3/c1-2-7-15(19)9-17(10-15)14-11-5-3-4-6-12(11)16-8-13(14)18(20)21/h3-6,8,19H,2,7,9-10H2,1H3. The van der Waals surface area contributed by atoms with E-state index >= 15 is 0 Å². The van der Waals surface area contributed by atoms with Crippen LogP contribution in [0.1, 0.15) is 19.8 Å². The molecule has 0 unspecified atom stereocenters. The van der Waals surface area contributed by atoms with Crippen LogP contribution in [0.5, 0.6) is 0 Å². The summed E-state index contributed by atoms with van der Waals surface area (Å²) < 4.78 is 0. The number of nitro groups is 1. The first-order valence-corrected chi connectivity index (χ1v) is 7.03. The molecule has 0 saturated carbocycles.